The van der Waals surface area contributed by atoms with Crippen LogP contribution in [0.15, 0.2) is 29.3 Å². The summed E-state index contributed by atoms with van der Waals surface area (Å²) >= 11 is 1.22. The number of carbonyl (C=O) groups excluding carboxylic acids is 1. The highest BCUT2D eigenvalue weighted by Gasteiger charge is 2.49. The second-order valence-corrected chi connectivity index (χ2v) is 10.1. The van der Waals surface area contributed by atoms with Crippen molar-refractivity contribution in [3.63, 3.8) is 0 Å². The number of sulfone groups is 1. The van der Waals surface area contributed by atoms with E-state index >= 15 is 0 Å². The van der Waals surface area contributed by atoms with Gasteiger partial charge in [0.25, 0.3) is 5.91 Å². The van der Waals surface area contributed by atoms with Crippen molar-refractivity contribution in [1.82, 2.24) is 0 Å². The molecule has 0 N–H and O–H groups in total. The number of ether oxygens (including phenoxy) is 1. The number of carbonyl (C=O) groups is 1. The maximum atomic E-state index is 12.4. The lowest BCUT2D eigenvalue weighted by molar-refractivity contribution is -0.274. The standard InChI is InChI=1S/C17H19F3N2O4S2/c1-3-10(2)15(23)21-16-22(13-8-28(24,25)9-14(13)27-16)11-4-6-12(7-5-11)26-17(18,19)20/h4-7,10,13-14H,3,8-9H2,1-2H3/t10-,13+,14+/m0/s1. The molecule has 3 atom stereocenters. The molecule has 2 saturated heterocycles. The van der Waals surface area contributed by atoms with Crippen LogP contribution in [-0.2, 0) is 14.6 Å². The van der Waals surface area contributed by atoms with Crippen molar-refractivity contribution in [3.05, 3.63) is 24.3 Å². The minimum Gasteiger partial charge on any atom is -0.406 e. The average Bonchev–Trinajstić information content (AvgIpc) is 3.04. The normalized spacial score (nSPS) is 26.3. The number of amidine groups is 1. The largest absolute Gasteiger partial charge is 0.573 e. The summed E-state index contributed by atoms with van der Waals surface area (Å²) in [6.07, 6.45) is -4.18. The lowest BCUT2D eigenvalue weighted by Gasteiger charge is -2.25. The number of anilines is 1. The molecule has 0 aromatic heterocycles. The fourth-order valence-electron chi connectivity index (χ4n) is 3.05. The number of hydrogen-bond donors (Lipinski definition) is 0. The molecule has 0 radical (unpaired) electrons. The highest BCUT2D eigenvalue weighted by molar-refractivity contribution is 8.16. The molecule has 2 heterocycles. The first-order valence-corrected chi connectivity index (χ1v) is 11.3. The maximum Gasteiger partial charge on any atom is 0.573 e. The summed E-state index contributed by atoms with van der Waals surface area (Å²) < 4.78 is 65.0. The van der Waals surface area contributed by atoms with Gasteiger partial charge >= 0.3 is 6.36 Å². The minimum atomic E-state index is -4.80. The second kappa shape index (κ2) is 7.58. The minimum absolute atomic E-state index is 0.0232. The molecule has 2 aliphatic rings. The van der Waals surface area contributed by atoms with Gasteiger partial charge in [0.05, 0.1) is 17.5 Å². The third kappa shape index (κ3) is 4.62. The molecule has 0 saturated carbocycles. The van der Waals surface area contributed by atoms with Crippen molar-refractivity contribution in [2.24, 2.45) is 10.9 Å². The first kappa shape index (κ1) is 21.0. The molecule has 2 aliphatic heterocycles. The first-order chi connectivity index (χ1) is 13.0. The van der Waals surface area contributed by atoms with E-state index in [9.17, 15) is 26.4 Å². The summed E-state index contributed by atoms with van der Waals surface area (Å²) in [7, 11) is -3.23. The molecule has 0 aliphatic carbocycles. The van der Waals surface area contributed by atoms with Gasteiger partial charge in [-0.15, -0.1) is 13.2 Å². The zero-order chi connectivity index (χ0) is 20.7. The fourth-order valence-corrected chi connectivity index (χ4v) is 6.97. The maximum absolute atomic E-state index is 12.4. The van der Waals surface area contributed by atoms with Crippen LogP contribution in [0.3, 0.4) is 0 Å². The number of hydrogen-bond acceptors (Lipinski definition) is 5. The van der Waals surface area contributed by atoms with Crippen LogP contribution >= 0.6 is 11.8 Å². The van der Waals surface area contributed by atoms with Crippen molar-refractivity contribution in [3.8, 4) is 5.75 Å². The molecule has 0 spiro atoms. The quantitative estimate of drug-likeness (QED) is 0.721. The Morgan fingerprint density at radius 2 is 1.96 bits per heavy atom. The predicted octanol–water partition coefficient (Wildman–Crippen LogP) is 3.23. The molecule has 154 valence electrons. The number of thioether (sulfide) groups is 1. The first-order valence-electron chi connectivity index (χ1n) is 8.64. The molecule has 1 amide bonds. The Kier molecular flexibility index (Phi) is 5.68. The molecule has 1 aromatic rings. The second-order valence-electron chi connectivity index (χ2n) is 6.75. The number of rotatable bonds is 4. The SMILES string of the molecule is CC[C@H](C)C(=O)N=C1S[C@@H]2CS(=O)(=O)C[C@H]2N1c1ccc(OC(F)(F)F)cc1. The Bertz CT molecular complexity index is 885. The van der Waals surface area contributed by atoms with Crippen LogP contribution in [0.4, 0.5) is 18.9 Å². The van der Waals surface area contributed by atoms with E-state index in [0.29, 0.717) is 17.3 Å². The molecule has 2 fully saturated rings. The van der Waals surface area contributed by atoms with E-state index in [1.165, 1.54) is 23.9 Å². The third-order valence-electron chi connectivity index (χ3n) is 4.65. The van der Waals surface area contributed by atoms with Gasteiger partial charge in [0.15, 0.2) is 15.0 Å². The van der Waals surface area contributed by atoms with Gasteiger partial charge < -0.3 is 9.64 Å². The molecule has 6 nitrogen and oxygen atoms in total. The molecular formula is C17H19F3N2O4S2. The van der Waals surface area contributed by atoms with Crippen LogP contribution in [0.2, 0.25) is 0 Å². The van der Waals surface area contributed by atoms with E-state index in [-0.39, 0.29) is 34.3 Å². The van der Waals surface area contributed by atoms with E-state index in [1.54, 1.807) is 11.8 Å². The number of aliphatic imine (C=N–C) groups is 1. The van der Waals surface area contributed by atoms with Gasteiger partial charge in [-0.05, 0) is 30.7 Å². The Morgan fingerprint density at radius 1 is 1.32 bits per heavy atom. The van der Waals surface area contributed by atoms with Crippen molar-refractivity contribution in [2.45, 2.75) is 37.9 Å². The number of benzene rings is 1. The van der Waals surface area contributed by atoms with Gasteiger partial charge in [-0.1, -0.05) is 25.6 Å². The van der Waals surface area contributed by atoms with Crippen LogP contribution in [0.5, 0.6) is 5.75 Å². The lowest BCUT2D eigenvalue weighted by atomic mass is 10.1. The number of nitrogens with zero attached hydrogens (tertiary/aromatic N) is 2. The molecule has 11 heteroatoms. The molecule has 3 rings (SSSR count). The Morgan fingerprint density at radius 3 is 2.54 bits per heavy atom. The number of alkyl halides is 3. The number of halogens is 3. The van der Waals surface area contributed by atoms with Gasteiger partial charge in [-0.2, -0.15) is 4.99 Å². The van der Waals surface area contributed by atoms with Gasteiger partial charge in [0, 0.05) is 16.9 Å². The van der Waals surface area contributed by atoms with Gasteiger partial charge in [-0.3, -0.25) is 4.79 Å². The number of amides is 1. The van der Waals surface area contributed by atoms with Crippen LogP contribution in [0, 0.1) is 5.92 Å². The topological polar surface area (TPSA) is 76.0 Å². The lowest BCUT2D eigenvalue weighted by Crippen LogP contribution is -2.37. The summed E-state index contributed by atoms with van der Waals surface area (Å²) in [6, 6.07) is 4.68. The van der Waals surface area contributed by atoms with E-state index in [0.717, 1.165) is 12.1 Å². The number of fused-ring (bicyclic) bond motifs is 1. The summed E-state index contributed by atoms with van der Waals surface area (Å²) in [5, 5.41) is 0.0966. The van der Waals surface area contributed by atoms with Crippen molar-refractivity contribution < 1.29 is 31.1 Å². The van der Waals surface area contributed by atoms with Crippen LogP contribution in [-0.4, -0.2) is 48.7 Å². The summed E-state index contributed by atoms with van der Waals surface area (Å²) in [5.74, 6) is -1.09. The van der Waals surface area contributed by atoms with Crippen molar-refractivity contribution >= 4 is 38.4 Å². The zero-order valence-corrected chi connectivity index (χ0v) is 16.8. The van der Waals surface area contributed by atoms with Gasteiger partial charge in [0.2, 0.25) is 0 Å². The summed E-state index contributed by atoms with van der Waals surface area (Å²) in [6.45, 7) is 3.62. The molecule has 28 heavy (non-hydrogen) atoms. The smallest absolute Gasteiger partial charge is 0.406 e. The zero-order valence-electron chi connectivity index (χ0n) is 15.1. The van der Waals surface area contributed by atoms with Gasteiger partial charge in [0.1, 0.15) is 5.75 Å². The molecule has 1 aromatic carbocycles. The van der Waals surface area contributed by atoms with Crippen LogP contribution in [0.25, 0.3) is 0 Å². The molecule has 0 unspecified atom stereocenters. The molecular weight excluding hydrogens is 417 g/mol. The predicted molar refractivity (Wildman–Crippen MR) is 101 cm³/mol. The average molecular weight is 436 g/mol. The van der Waals surface area contributed by atoms with Crippen LogP contribution < -0.4 is 9.64 Å². The summed E-state index contributed by atoms with van der Waals surface area (Å²) in [4.78, 5) is 18.1. The summed E-state index contributed by atoms with van der Waals surface area (Å²) in [5.41, 5.74) is 0.460. The van der Waals surface area contributed by atoms with E-state index in [1.807, 2.05) is 6.92 Å². The Balaban J connectivity index is 1.93. The van der Waals surface area contributed by atoms with E-state index < -0.39 is 22.2 Å². The highest BCUT2D eigenvalue weighted by atomic mass is 32.2. The fraction of sp³-hybridized carbons (Fsp3) is 0.529. The highest BCUT2D eigenvalue weighted by Crippen LogP contribution is 2.41. The van der Waals surface area contributed by atoms with E-state index in [4.69, 9.17) is 0 Å². The third-order valence-corrected chi connectivity index (χ3v) is 7.86. The Hall–Kier alpha value is -1.75. The Labute approximate surface area is 165 Å². The van der Waals surface area contributed by atoms with Crippen molar-refractivity contribution in [2.75, 3.05) is 16.4 Å². The monoisotopic (exact) mass is 436 g/mol. The van der Waals surface area contributed by atoms with Crippen LogP contribution in [0.1, 0.15) is 20.3 Å². The van der Waals surface area contributed by atoms with Gasteiger partial charge in [-0.25, -0.2) is 8.42 Å². The van der Waals surface area contributed by atoms with Crippen molar-refractivity contribution in [1.29, 1.82) is 0 Å². The van der Waals surface area contributed by atoms with E-state index in [2.05, 4.69) is 9.73 Å². The molecule has 0 bridgehead atoms.